The van der Waals surface area contributed by atoms with Crippen molar-refractivity contribution in [2.45, 2.75) is 395 Å². The van der Waals surface area contributed by atoms with Crippen LogP contribution < -0.4 is 0 Å². The van der Waals surface area contributed by atoms with E-state index in [1.807, 2.05) is 17.1 Å². The molecule has 1 fully saturated rings. The lowest BCUT2D eigenvalue weighted by atomic mass is 9.77. The molecule has 0 aliphatic carbocycles. The summed E-state index contributed by atoms with van der Waals surface area (Å²) in [4.78, 5) is 32.1. The first-order valence-corrected chi connectivity index (χ1v) is 56.6. The van der Waals surface area contributed by atoms with E-state index in [0.717, 1.165) is 107 Å². The minimum Gasteiger partial charge on any atom is -0.456 e. The highest BCUT2D eigenvalue weighted by molar-refractivity contribution is 14.1. The second-order valence-electron chi connectivity index (χ2n) is 32.4. The van der Waals surface area contributed by atoms with Crippen molar-refractivity contribution in [2.75, 3.05) is 20.8 Å². The first-order chi connectivity index (χ1) is 46.6. The molecule has 11 atom stereocenters. The number of halogens is 1. The molecule has 1 saturated heterocycles. The number of carbonyl (C=O) groups is 2. The molecule has 0 radical (unpaired) electrons. The number of allylic oxidation sites excluding steroid dienone is 6. The minimum atomic E-state index is -2.69. The van der Waals surface area contributed by atoms with Gasteiger partial charge in [0.15, 0.2) is 55.7 Å². The van der Waals surface area contributed by atoms with E-state index in [0.29, 0.717) is 31.4 Å². The van der Waals surface area contributed by atoms with Crippen molar-refractivity contribution in [3.8, 4) is 0 Å². The average Bonchev–Trinajstić information content (AvgIpc) is 1.48. The van der Waals surface area contributed by atoms with Gasteiger partial charge in [0.1, 0.15) is 12.2 Å². The average molecular weight is 1620 g/mol. The Morgan fingerprint density at radius 2 is 0.990 bits per heavy atom. The Labute approximate surface area is 637 Å². The minimum absolute atomic E-state index is 0.0320. The number of ether oxygens (including phenoxy) is 3. The number of methoxy groups -OCH3 is 2. The molecule has 13 nitrogen and oxygen atoms in total. The van der Waals surface area contributed by atoms with Crippen LogP contribution in [0.1, 0.15) is 226 Å². The molecule has 1 rings (SSSR count). The molecule has 0 aromatic rings. The Morgan fingerprint density at radius 1 is 0.560 bits per heavy atom. The van der Waals surface area contributed by atoms with Crippen LogP contribution in [0.2, 0.25) is 109 Å². The van der Waals surface area contributed by atoms with Crippen molar-refractivity contribution >= 4 is 91.4 Å². The van der Waals surface area contributed by atoms with Gasteiger partial charge in [0.05, 0.1) is 54.4 Å². The van der Waals surface area contributed by atoms with Crippen LogP contribution in [0.25, 0.3) is 0 Å². The van der Waals surface area contributed by atoms with Crippen molar-refractivity contribution in [1.29, 1.82) is 0 Å². The SMILES string of the molecule is CC[Si](CC)(CC)O[C@@H]([C@@H](C)[C@@H](C[C@H](COC)O[Si](C)(C)C(C)(C)C)O[Si](CC)(CC)CC)[C@@H](C)C(=O)[C@H](O[Si](CC)(CC)CC)[C@H](C[C@H](OC)[C@H](CC/C=C(C)/C=C/[C@H](O[Si](CC)(CC)CC)[C@H](C)/C=C(\C)B1OC(C)(C)C(C)(C)O1)O[Si](CC)(CC)CC)OC(=O)/C(C)=C/C(C)=C/I. The largest absolute Gasteiger partial charge is 0.489 e. The summed E-state index contributed by atoms with van der Waals surface area (Å²) >= 11 is 2.21. The van der Waals surface area contributed by atoms with E-state index in [4.69, 9.17) is 50.1 Å². The molecule has 0 aromatic heterocycles. The molecule has 0 spiro atoms. The molecule has 100 heavy (non-hydrogen) atoms. The highest BCUT2D eigenvalue weighted by atomic mass is 127. The summed E-state index contributed by atoms with van der Waals surface area (Å²) in [5.74, 6) is -1.51. The molecular formula is C79H156BIO13Si6. The van der Waals surface area contributed by atoms with E-state index < -0.39 is 111 Å². The smallest absolute Gasteiger partial charge is 0.456 e. The van der Waals surface area contributed by atoms with E-state index in [-0.39, 0.29) is 47.4 Å². The zero-order valence-electron chi connectivity index (χ0n) is 70.7. The molecule has 0 saturated carbocycles. The van der Waals surface area contributed by atoms with Crippen molar-refractivity contribution < 1.29 is 59.7 Å². The van der Waals surface area contributed by atoms with Crippen LogP contribution in [-0.4, -0.2) is 150 Å². The third kappa shape index (κ3) is 27.9. The number of hydrogen-bond acceptors (Lipinski definition) is 13. The number of esters is 1. The van der Waals surface area contributed by atoms with E-state index >= 15 is 9.59 Å². The van der Waals surface area contributed by atoms with Gasteiger partial charge in [-0.1, -0.05) is 198 Å². The molecule has 1 heterocycles. The van der Waals surface area contributed by atoms with Gasteiger partial charge in [-0.05, 0) is 205 Å². The van der Waals surface area contributed by atoms with Gasteiger partial charge in [-0.25, -0.2) is 4.79 Å². The lowest BCUT2D eigenvalue weighted by molar-refractivity contribution is -0.160. The Balaban J connectivity index is 4.62. The molecule has 21 heteroatoms. The van der Waals surface area contributed by atoms with E-state index in [2.05, 4.69) is 247 Å². The van der Waals surface area contributed by atoms with Gasteiger partial charge >= 0.3 is 13.1 Å². The predicted molar refractivity (Wildman–Crippen MR) is 450 cm³/mol. The second kappa shape index (κ2) is 44.9. The molecular weight excluding hydrogens is 1460 g/mol. The quantitative estimate of drug-likeness (QED) is 0.0188. The van der Waals surface area contributed by atoms with Gasteiger partial charge in [-0.15, -0.1) is 0 Å². The van der Waals surface area contributed by atoms with Crippen LogP contribution in [0, 0.1) is 17.8 Å². The second-order valence-corrected chi connectivity index (χ2v) is 61.3. The Morgan fingerprint density at radius 3 is 1.41 bits per heavy atom. The lowest BCUT2D eigenvalue weighted by Crippen LogP contribution is -2.56. The maximum absolute atomic E-state index is 17.0. The molecule has 584 valence electrons. The standard InChI is InChI=1S/C79H156BIO13Si6/c1-34-96(35-2,36-3)88-68(62(18)55-64(20)80-93-78(26,27)79(28,29)94-80)53-52-60(16)50-49-51-69(89-97(37-4,38-5)39-6)71(85-31)57-72(86-76(83)63(19)54-61(17)58-81)75(92-100(46-13,47-14)48-15)73(82)66(22)74(91-99(43-10,44-11)45-12)65(21)70(90-98(40-7,41-8)42-9)56-67(59-84-30)87-95(32,33)77(23,24)25/h50,52-55,58,62,65-72,74-75H,34-49,51,56-57,59H2,1-33H3/b53-52+,60-50+,61-58+,63-54+,64-55+/t62-,65+,66+,67-,68+,69+,70-,71+,72+,74+,75-/m1/s1. The van der Waals surface area contributed by atoms with Gasteiger partial charge in [0, 0.05) is 44.0 Å². The zero-order valence-corrected chi connectivity index (χ0v) is 78.9. The Kier molecular flexibility index (Phi) is 43.8. The van der Waals surface area contributed by atoms with Crippen LogP contribution in [0.3, 0.4) is 0 Å². The highest BCUT2D eigenvalue weighted by Gasteiger charge is 2.53. The molecule has 0 bridgehead atoms. The number of Topliss-reactive ketones (excluding diaryl/α,β-unsaturated/α-hetero) is 1. The summed E-state index contributed by atoms with van der Waals surface area (Å²) in [5.41, 5.74) is 2.67. The van der Waals surface area contributed by atoms with Crippen molar-refractivity contribution in [3.05, 3.63) is 56.7 Å². The highest BCUT2D eigenvalue weighted by Crippen LogP contribution is 2.43. The fourth-order valence-electron chi connectivity index (χ4n) is 14.2. The van der Waals surface area contributed by atoms with Crippen molar-refractivity contribution in [3.63, 3.8) is 0 Å². The van der Waals surface area contributed by atoms with Gasteiger partial charge in [0.25, 0.3) is 0 Å². The fourth-order valence-corrected chi connectivity index (χ4v) is 30.3. The molecule has 1 aliphatic heterocycles. The van der Waals surface area contributed by atoms with Gasteiger partial charge in [-0.2, -0.15) is 0 Å². The Hall–Kier alpha value is -0.464. The Bertz CT molecular complexity index is 2480. The van der Waals surface area contributed by atoms with E-state index in [1.165, 1.54) is 0 Å². The maximum atomic E-state index is 17.0. The maximum Gasteiger partial charge on any atom is 0.489 e. The van der Waals surface area contributed by atoms with Crippen LogP contribution in [-0.2, 0) is 59.7 Å². The van der Waals surface area contributed by atoms with Crippen LogP contribution in [0.15, 0.2) is 56.7 Å². The number of hydrogen-bond donors (Lipinski definition) is 0. The summed E-state index contributed by atoms with van der Waals surface area (Å²) in [6.07, 6.45) is 8.65. The predicted octanol–water partition coefficient (Wildman–Crippen LogP) is 23.3. The van der Waals surface area contributed by atoms with E-state index in [1.54, 1.807) is 21.1 Å². The van der Waals surface area contributed by atoms with Crippen LogP contribution >= 0.6 is 22.6 Å². The van der Waals surface area contributed by atoms with Crippen molar-refractivity contribution in [2.24, 2.45) is 17.8 Å². The summed E-state index contributed by atoms with van der Waals surface area (Å²) in [6, 6.07) is 13.9. The monoisotopic (exact) mass is 1620 g/mol. The third-order valence-electron chi connectivity index (χ3n) is 24.9. The molecule has 0 aromatic carbocycles. The first kappa shape index (κ1) is 97.5. The van der Waals surface area contributed by atoms with Gasteiger partial charge in [-0.3, -0.25) is 4.79 Å². The summed E-state index contributed by atoms with van der Waals surface area (Å²) < 4.78 is 80.7. The topological polar surface area (TPSA) is 136 Å². The number of ketones is 1. The summed E-state index contributed by atoms with van der Waals surface area (Å²) in [7, 11) is -11.1. The molecule has 1 aliphatic rings. The fraction of sp³-hybridized carbons (Fsp3) is 0.848. The number of carbonyl (C=O) groups excluding carboxylic acids is 2. The lowest BCUT2D eigenvalue weighted by Gasteiger charge is -2.46. The number of rotatable bonds is 52. The summed E-state index contributed by atoms with van der Waals surface area (Å²) in [6.45, 7) is 68.9. The first-order valence-electron chi connectivity index (χ1n) is 39.8. The summed E-state index contributed by atoms with van der Waals surface area (Å²) in [5, 5.41) is -0.0320. The normalized spacial score (nSPS) is 19.3. The zero-order chi connectivity index (χ0) is 77.1. The van der Waals surface area contributed by atoms with E-state index in [9.17, 15) is 0 Å². The van der Waals surface area contributed by atoms with Crippen LogP contribution in [0.5, 0.6) is 0 Å². The molecule has 0 N–H and O–H groups in total. The molecule has 0 unspecified atom stereocenters. The van der Waals surface area contributed by atoms with Gasteiger partial charge < -0.3 is 50.1 Å². The third-order valence-corrected chi connectivity index (χ3v) is 53.7. The molecule has 0 amide bonds. The van der Waals surface area contributed by atoms with Crippen LogP contribution in [0.4, 0.5) is 0 Å². The van der Waals surface area contributed by atoms with Crippen molar-refractivity contribution in [1.82, 2.24) is 0 Å². The van der Waals surface area contributed by atoms with Gasteiger partial charge in [0.2, 0.25) is 0 Å².